The van der Waals surface area contributed by atoms with Gasteiger partial charge in [-0.25, -0.2) is 8.78 Å². The molecule has 3 N–H and O–H groups in total. The average Bonchev–Trinajstić information content (AvgIpc) is 2.54. The number of nitrogens with one attached hydrogen (secondary N) is 3. The van der Waals surface area contributed by atoms with Crippen molar-refractivity contribution in [2.24, 2.45) is 0 Å². The quantitative estimate of drug-likeness (QED) is 0.594. The summed E-state index contributed by atoms with van der Waals surface area (Å²) in [5.74, 6) is -1.49. The number of hydrogen-bond acceptors (Lipinski definition) is 3. The van der Waals surface area contributed by atoms with E-state index in [2.05, 4.69) is 16.2 Å². The molecule has 0 unspecified atom stereocenters. The standard InChI is InChI=1S/C15H13F2N3O2S/c1-22-11-6-7-12(13(17)8-11)14(21)19-20-15(23)18-10-4-2-9(16)3-5-10/h2-8H,1H3,(H,19,21)(H2,18,20,23). The second kappa shape index (κ2) is 7.50. The van der Waals surface area contributed by atoms with E-state index in [-0.39, 0.29) is 16.5 Å². The van der Waals surface area contributed by atoms with Crippen molar-refractivity contribution in [1.29, 1.82) is 0 Å². The minimum Gasteiger partial charge on any atom is -0.497 e. The second-order valence-electron chi connectivity index (χ2n) is 4.39. The molecular formula is C15H13F2N3O2S. The van der Waals surface area contributed by atoms with Crippen LogP contribution < -0.4 is 20.9 Å². The van der Waals surface area contributed by atoms with Crippen LogP contribution in [0.3, 0.4) is 0 Å². The third kappa shape index (κ3) is 4.62. The summed E-state index contributed by atoms with van der Waals surface area (Å²) < 4.78 is 31.4. The highest BCUT2D eigenvalue weighted by Gasteiger charge is 2.12. The highest BCUT2D eigenvalue weighted by Crippen LogP contribution is 2.15. The van der Waals surface area contributed by atoms with Gasteiger partial charge in [0.25, 0.3) is 5.91 Å². The minimum atomic E-state index is -0.721. The molecule has 0 atom stereocenters. The molecule has 23 heavy (non-hydrogen) atoms. The molecular weight excluding hydrogens is 324 g/mol. The molecule has 0 spiro atoms. The van der Waals surface area contributed by atoms with E-state index < -0.39 is 11.7 Å². The average molecular weight is 337 g/mol. The normalized spacial score (nSPS) is 9.87. The number of benzene rings is 2. The molecule has 2 aromatic carbocycles. The van der Waals surface area contributed by atoms with Crippen molar-refractivity contribution in [3.05, 3.63) is 59.7 Å². The number of thiocarbonyl (C=S) groups is 1. The number of methoxy groups -OCH3 is 1. The Morgan fingerprint density at radius 3 is 2.39 bits per heavy atom. The van der Waals surface area contributed by atoms with Crippen LogP contribution in [0.2, 0.25) is 0 Å². The van der Waals surface area contributed by atoms with Gasteiger partial charge < -0.3 is 10.1 Å². The zero-order valence-electron chi connectivity index (χ0n) is 12.0. The lowest BCUT2D eigenvalue weighted by Gasteiger charge is -2.12. The molecule has 0 heterocycles. The summed E-state index contributed by atoms with van der Waals surface area (Å²) in [4.78, 5) is 11.9. The Bertz CT molecular complexity index is 723. The van der Waals surface area contributed by atoms with E-state index in [0.717, 1.165) is 6.07 Å². The van der Waals surface area contributed by atoms with Gasteiger partial charge in [-0.15, -0.1) is 0 Å². The fraction of sp³-hybridized carbons (Fsp3) is 0.0667. The van der Waals surface area contributed by atoms with Gasteiger partial charge in [-0.1, -0.05) is 0 Å². The molecule has 120 valence electrons. The monoisotopic (exact) mass is 337 g/mol. The maximum absolute atomic E-state index is 13.7. The summed E-state index contributed by atoms with van der Waals surface area (Å²) in [5.41, 5.74) is 5.06. The molecule has 0 bridgehead atoms. The lowest BCUT2D eigenvalue weighted by molar-refractivity contribution is 0.0940. The largest absolute Gasteiger partial charge is 0.497 e. The Hall–Kier alpha value is -2.74. The molecule has 5 nitrogen and oxygen atoms in total. The van der Waals surface area contributed by atoms with Gasteiger partial charge in [0.2, 0.25) is 0 Å². The minimum absolute atomic E-state index is 0.0684. The molecule has 0 fully saturated rings. The van der Waals surface area contributed by atoms with Crippen LogP contribution in [0.15, 0.2) is 42.5 Å². The predicted octanol–water partition coefficient (Wildman–Crippen LogP) is 2.60. The zero-order valence-corrected chi connectivity index (χ0v) is 12.8. The molecule has 0 aliphatic heterocycles. The Morgan fingerprint density at radius 2 is 1.78 bits per heavy atom. The molecule has 0 saturated heterocycles. The van der Waals surface area contributed by atoms with Crippen molar-refractivity contribution in [2.75, 3.05) is 12.4 Å². The van der Waals surface area contributed by atoms with E-state index in [9.17, 15) is 13.6 Å². The molecule has 0 saturated carbocycles. The van der Waals surface area contributed by atoms with Crippen LogP contribution in [0.1, 0.15) is 10.4 Å². The Labute approximate surface area is 136 Å². The van der Waals surface area contributed by atoms with Gasteiger partial charge in [0, 0.05) is 11.8 Å². The molecule has 0 radical (unpaired) electrons. The van der Waals surface area contributed by atoms with Crippen LogP contribution in [0.5, 0.6) is 5.75 Å². The molecule has 1 amide bonds. The number of carbonyl (C=O) groups is 1. The number of amides is 1. The van der Waals surface area contributed by atoms with Crippen molar-refractivity contribution in [3.63, 3.8) is 0 Å². The third-order valence-electron chi connectivity index (χ3n) is 2.81. The van der Waals surface area contributed by atoms with E-state index in [1.54, 1.807) is 0 Å². The van der Waals surface area contributed by atoms with Crippen molar-refractivity contribution < 1.29 is 18.3 Å². The molecule has 2 aromatic rings. The van der Waals surface area contributed by atoms with Gasteiger partial charge in [-0.3, -0.25) is 15.6 Å². The number of rotatable bonds is 3. The maximum Gasteiger partial charge on any atom is 0.272 e. The number of carbonyl (C=O) groups excluding carboxylic acids is 1. The summed E-state index contributed by atoms with van der Waals surface area (Å²) in [5, 5.41) is 2.80. The summed E-state index contributed by atoms with van der Waals surface area (Å²) in [7, 11) is 1.40. The van der Waals surface area contributed by atoms with Crippen LogP contribution in [0, 0.1) is 11.6 Å². The molecule has 2 rings (SSSR count). The first kappa shape index (κ1) is 16.6. The Balaban J connectivity index is 1.91. The van der Waals surface area contributed by atoms with E-state index in [4.69, 9.17) is 17.0 Å². The van der Waals surface area contributed by atoms with Gasteiger partial charge >= 0.3 is 0 Å². The predicted molar refractivity (Wildman–Crippen MR) is 86.2 cm³/mol. The Kier molecular flexibility index (Phi) is 5.42. The smallest absolute Gasteiger partial charge is 0.272 e. The van der Waals surface area contributed by atoms with Crippen molar-refractivity contribution in [2.45, 2.75) is 0 Å². The summed E-state index contributed by atoms with van der Waals surface area (Å²) in [6, 6.07) is 9.34. The topological polar surface area (TPSA) is 62.4 Å². The number of anilines is 1. The van der Waals surface area contributed by atoms with Gasteiger partial charge in [-0.2, -0.15) is 0 Å². The summed E-state index contributed by atoms with van der Waals surface area (Å²) in [6.07, 6.45) is 0. The van der Waals surface area contributed by atoms with Crippen molar-refractivity contribution >= 4 is 28.9 Å². The highest BCUT2D eigenvalue weighted by molar-refractivity contribution is 7.80. The van der Waals surface area contributed by atoms with E-state index in [0.29, 0.717) is 11.4 Å². The van der Waals surface area contributed by atoms with Gasteiger partial charge in [0.05, 0.1) is 12.7 Å². The number of hydrogen-bond donors (Lipinski definition) is 3. The van der Waals surface area contributed by atoms with Crippen LogP contribution >= 0.6 is 12.2 Å². The maximum atomic E-state index is 13.7. The summed E-state index contributed by atoms with van der Waals surface area (Å²) >= 11 is 4.97. The summed E-state index contributed by atoms with van der Waals surface area (Å²) in [6.45, 7) is 0. The highest BCUT2D eigenvalue weighted by atomic mass is 32.1. The van der Waals surface area contributed by atoms with E-state index >= 15 is 0 Å². The first-order valence-electron chi connectivity index (χ1n) is 6.46. The number of hydrazine groups is 1. The molecule has 8 heteroatoms. The van der Waals surface area contributed by atoms with Crippen LogP contribution in [0.4, 0.5) is 14.5 Å². The fourth-order valence-corrected chi connectivity index (χ4v) is 1.85. The Morgan fingerprint density at radius 1 is 1.09 bits per heavy atom. The van der Waals surface area contributed by atoms with Crippen LogP contribution in [-0.2, 0) is 0 Å². The lowest BCUT2D eigenvalue weighted by Crippen LogP contribution is -2.44. The van der Waals surface area contributed by atoms with Crippen LogP contribution in [0.25, 0.3) is 0 Å². The zero-order chi connectivity index (χ0) is 16.8. The molecule has 0 aliphatic carbocycles. The van der Waals surface area contributed by atoms with Crippen LogP contribution in [-0.4, -0.2) is 18.1 Å². The third-order valence-corrected chi connectivity index (χ3v) is 3.02. The lowest BCUT2D eigenvalue weighted by atomic mass is 10.2. The fourth-order valence-electron chi connectivity index (χ4n) is 1.68. The second-order valence-corrected chi connectivity index (χ2v) is 4.79. The van der Waals surface area contributed by atoms with Crippen molar-refractivity contribution in [3.8, 4) is 5.75 Å². The number of halogens is 2. The van der Waals surface area contributed by atoms with Gasteiger partial charge in [0.15, 0.2) is 5.11 Å². The van der Waals surface area contributed by atoms with Gasteiger partial charge in [0.1, 0.15) is 17.4 Å². The van der Waals surface area contributed by atoms with Gasteiger partial charge in [-0.05, 0) is 48.6 Å². The first-order chi connectivity index (χ1) is 11.0. The first-order valence-corrected chi connectivity index (χ1v) is 6.87. The molecule has 0 aliphatic rings. The molecule has 0 aromatic heterocycles. The SMILES string of the molecule is COc1ccc(C(=O)NNC(=S)Nc2ccc(F)cc2)c(F)c1. The van der Waals surface area contributed by atoms with E-state index in [1.807, 2.05) is 0 Å². The van der Waals surface area contributed by atoms with Crippen molar-refractivity contribution in [1.82, 2.24) is 10.9 Å². The number of ether oxygens (including phenoxy) is 1. The van der Waals surface area contributed by atoms with E-state index in [1.165, 1.54) is 43.5 Å².